The van der Waals surface area contributed by atoms with E-state index in [-0.39, 0.29) is 11.3 Å². The fourth-order valence-electron chi connectivity index (χ4n) is 0.704. The molecule has 0 aliphatic heterocycles. The van der Waals surface area contributed by atoms with Gasteiger partial charge in [-0.05, 0) is 18.6 Å². The van der Waals surface area contributed by atoms with Crippen molar-refractivity contribution < 1.29 is 18.3 Å². The highest BCUT2D eigenvalue weighted by molar-refractivity contribution is 5.30. The van der Waals surface area contributed by atoms with Crippen molar-refractivity contribution in [1.82, 2.24) is 4.98 Å². The van der Waals surface area contributed by atoms with Crippen LogP contribution in [0.5, 0.6) is 5.75 Å². The number of rotatable bonds is 0. The summed E-state index contributed by atoms with van der Waals surface area (Å²) < 4.78 is 35.9. The molecule has 12 heavy (non-hydrogen) atoms. The molecule has 1 rings (SSSR count). The van der Waals surface area contributed by atoms with Gasteiger partial charge in [0, 0.05) is 0 Å². The molecule has 1 heterocycles. The number of aromatic hydroxyl groups is 1. The third-order valence-corrected chi connectivity index (χ3v) is 1.37. The maximum atomic E-state index is 12.0. The van der Waals surface area contributed by atoms with Gasteiger partial charge in [-0.25, -0.2) is 4.98 Å². The SMILES string of the molecule is Cc1cc(C(F)(F)F)ncc1O. The van der Waals surface area contributed by atoms with E-state index in [0.717, 1.165) is 12.3 Å². The maximum absolute atomic E-state index is 12.0. The Morgan fingerprint density at radius 3 is 2.42 bits per heavy atom. The van der Waals surface area contributed by atoms with E-state index in [1.54, 1.807) is 0 Å². The van der Waals surface area contributed by atoms with Crippen LogP contribution in [-0.4, -0.2) is 10.1 Å². The summed E-state index contributed by atoms with van der Waals surface area (Å²) in [6.07, 6.45) is -3.66. The van der Waals surface area contributed by atoms with Gasteiger partial charge in [0.05, 0.1) is 6.20 Å². The van der Waals surface area contributed by atoms with Crippen molar-refractivity contribution in [3.05, 3.63) is 23.5 Å². The lowest BCUT2D eigenvalue weighted by Gasteiger charge is -2.06. The highest BCUT2D eigenvalue weighted by Crippen LogP contribution is 2.29. The second-order valence-corrected chi connectivity index (χ2v) is 2.35. The average Bonchev–Trinajstić information content (AvgIpc) is 1.92. The molecule has 0 bridgehead atoms. The number of nitrogens with zero attached hydrogens (tertiary/aromatic N) is 1. The summed E-state index contributed by atoms with van der Waals surface area (Å²) in [6.45, 7) is 1.38. The summed E-state index contributed by atoms with van der Waals surface area (Å²) in [5.74, 6) is -0.233. The molecule has 0 fully saturated rings. The monoisotopic (exact) mass is 177 g/mol. The first kappa shape index (κ1) is 8.83. The predicted molar refractivity (Wildman–Crippen MR) is 35.6 cm³/mol. The fraction of sp³-hybridized carbons (Fsp3) is 0.286. The molecule has 0 saturated heterocycles. The van der Waals surface area contributed by atoms with Gasteiger partial charge < -0.3 is 5.11 Å². The first-order valence-corrected chi connectivity index (χ1v) is 3.14. The Hall–Kier alpha value is -1.26. The number of hydrogen-bond donors (Lipinski definition) is 1. The van der Waals surface area contributed by atoms with Crippen molar-refractivity contribution >= 4 is 0 Å². The molecule has 0 atom stereocenters. The molecule has 0 unspecified atom stereocenters. The van der Waals surface area contributed by atoms with E-state index in [1.165, 1.54) is 6.92 Å². The van der Waals surface area contributed by atoms with E-state index in [4.69, 9.17) is 5.11 Å². The predicted octanol–water partition coefficient (Wildman–Crippen LogP) is 2.11. The van der Waals surface area contributed by atoms with Crippen LogP contribution in [0, 0.1) is 6.92 Å². The Balaban J connectivity index is 3.14. The van der Waals surface area contributed by atoms with Crippen LogP contribution in [0.1, 0.15) is 11.3 Å². The first-order chi connectivity index (χ1) is 5.41. The molecule has 1 aromatic rings. The van der Waals surface area contributed by atoms with E-state index in [1.807, 2.05) is 0 Å². The Morgan fingerprint density at radius 1 is 1.42 bits per heavy atom. The van der Waals surface area contributed by atoms with E-state index >= 15 is 0 Å². The zero-order chi connectivity index (χ0) is 9.35. The molecule has 0 radical (unpaired) electrons. The Kier molecular flexibility index (Phi) is 1.95. The molecule has 0 amide bonds. The van der Waals surface area contributed by atoms with E-state index in [9.17, 15) is 13.2 Å². The lowest BCUT2D eigenvalue weighted by molar-refractivity contribution is -0.141. The van der Waals surface area contributed by atoms with Crippen molar-refractivity contribution in [3.8, 4) is 5.75 Å². The van der Waals surface area contributed by atoms with E-state index < -0.39 is 11.9 Å². The summed E-state index contributed by atoms with van der Waals surface area (Å²) in [7, 11) is 0. The summed E-state index contributed by atoms with van der Waals surface area (Å²) in [5.41, 5.74) is -0.824. The normalized spacial score (nSPS) is 11.7. The Morgan fingerprint density at radius 2 is 2.00 bits per heavy atom. The van der Waals surface area contributed by atoms with Crippen molar-refractivity contribution in [2.24, 2.45) is 0 Å². The molecule has 0 saturated carbocycles. The molecule has 2 nitrogen and oxygen atoms in total. The number of halogens is 3. The minimum absolute atomic E-state index is 0.164. The molecular formula is C7H6F3NO. The van der Waals surface area contributed by atoms with E-state index in [2.05, 4.69) is 4.98 Å². The molecule has 1 N–H and O–H groups in total. The van der Waals surface area contributed by atoms with Gasteiger partial charge in [0.2, 0.25) is 0 Å². The molecule has 5 heteroatoms. The van der Waals surface area contributed by atoms with Gasteiger partial charge in [-0.15, -0.1) is 0 Å². The summed E-state index contributed by atoms with van der Waals surface area (Å²) in [4.78, 5) is 3.04. The molecule has 0 spiro atoms. The molecule has 66 valence electrons. The van der Waals surface area contributed by atoms with Crippen molar-refractivity contribution in [3.63, 3.8) is 0 Å². The van der Waals surface area contributed by atoms with Gasteiger partial charge >= 0.3 is 6.18 Å². The summed E-state index contributed by atoms with van der Waals surface area (Å²) in [6, 6.07) is 0.801. The van der Waals surface area contributed by atoms with Crippen LogP contribution in [-0.2, 0) is 6.18 Å². The standard InChI is InChI=1S/C7H6F3NO/c1-4-2-6(7(8,9)10)11-3-5(4)12/h2-3,12H,1H3. The average molecular weight is 177 g/mol. The van der Waals surface area contributed by atoms with Gasteiger partial charge in [-0.3, -0.25) is 0 Å². The van der Waals surface area contributed by atoms with Crippen LogP contribution in [0.2, 0.25) is 0 Å². The number of alkyl halides is 3. The number of pyridine rings is 1. The maximum Gasteiger partial charge on any atom is 0.433 e. The van der Waals surface area contributed by atoms with Crippen LogP contribution in [0.4, 0.5) is 13.2 Å². The largest absolute Gasteiger partial charge is 0.506 e. The number of hydrogen-bond acceptors (Lipinski definition) is 2. The molecule has 1 aromatic heterocycles. The fourth-order valence-corrected chi connectivity index (χ4v) is 0.704. The second-order valence-electron chi connectivity index (χ2n) is 2.35. The number of aromatic nitrogens is 1. The van der Waals surface area contributed by atoms with Crippen LogP contribution >= 0.6 is 0 Å². The van der Waals surface area contributed by atoms with Crippen LogP contribution < -0.4 is 0 Å². The van der Waals surface area contributed by atoms with Crippen LogP contribution in [0.15, 0.2) is 12.3 Å². The Labute approximate surface area is 66.7 Å². The number of aryl methyl sites for hydroxylation is 1. The zero-order valence-electron chi connectivity index (χ0n) is 6.18. The molecule has 0 aromatic carbocycles. The lowest BCUT2D eigenvalue weighted by Crippen LogP contribution is -2.07. The van der Waals surface area contributed by atoms with Crippen LogP contribution in [0.25, 0.3) is 0 Å². The third kappa shape index (κ3) is 1.66. The highest BCUT2D eigenvalue weighted by Gasteiger charge is 2.32. The van der Waals surface area contributed by atoms with Crippen molar-refractivity contribution in [2.75, 3.05) is 0 Å². The van der Waals surface area contributed by atoms with Crippen molar-refractivity contribution in [1.29, 1.82) is 0 Å². The molecular weight excluding hydrogens is 171 g/mol. The summed E-state index contributed by atoms with van der Waals surface area (Å²) >= 11 is 0. The van der Waals surface area contributed by atoms with Gasteiger partial charge in [-0.1, -0.05) is 0 Å². The third-order valence-electron chi connectivity index (χ3n) is 1.37. The quantitative estimate of drug-likeness (QED) is 0.658. The zero-order valence-corrected chi connectivity index (χ0v) is 6.18. The smallest absolute Gasteiger partial charge is 0.433 e. The van der Waals surface area contributed by atoms with E-state index in [0.29, 0.717) is 0 Å². The highest BCUT2D eigenvalue weighted by atomic mass is 19.4. The lowest BCUT2D eigenvalue weighted by atomic mass is 10.2. The van der Waals surface area contributed by atoms with Crippen molar-refractivity contribution in [2.45, 2.75) is 13.1 Å². The first-order valence-electron chi connectivity index (χ1n) is 3.14. The Bertz CT molecular complexity index is 295. The van der Waals surface area contributed by atoms with Gasteiger partial charge in [-0.2, -0.15) is 13.2 Å². The van der Waals surface area contributed by atoms with Crippen LogP contribution in [0.3, 0.4) is 0 Å². The summed E-state index contributed by atoms with van der Waals surface area (Å²) in [5, 5.41) is 8.88. The van der Waals surface area contributed by atoms with Gasteiger partial charge in [0.25, 0.3) is 0 Å². The topological polar surface area (TPSA) is 33.1 Å². The van der Waals surface area contributed by atoms with Gasteiger partial charge in [0.1, 0.15) is 11.4 Å². The molecule has 0 aliphatic rings. The molecule has 0 aliphatic carbocycles. The van der Waals surface area contributed by atoms with Gasteiger partial charge in [0.15, 0.2) is 0 Å². The minimum atomic E-state index is -4.45. The second kappa shape index (κ2) is 2.66. The minimum Gasteiger partial charge on any atom is -0.506 e.